The molecule has 0 N–H and O–H groups in total. The number of benzene rings is 1. The van der Waals surface area contributed by atoms with Gasteiger partial charge < -0.3 is 9.64 Å². The lowest BCUT2D eigenvalue weighted by Crippen LogP contribution is -2.44. The second kappa shape index (κ2) is 6.71. The monoisotopic (exact) mass is 356 g/mol. The van der Waals surface area contributed by atoms with Crippen molar-refractivity contribution in [2.45, 2.75) is 18.8 Å². The van der Waals surface area contributed by atoms with Crippen LogP contribution in [0.3, 0.4) is 0 Å². The topological polar surface area (TPSA) is 73.4 Å². The summed E-state index contributed by atoms with van der Waals surface area (Å²) in [5.41, 5.74) is -1.44. The van der Waals surface area contributed by atoms with E-state index < -0.39 is 22.4 Å². The summed E-state index contributed by atoms with van der Waals surface area (Å²) >= 11 is 0. The Kier molecular flexibility index (Phi) is 4.62. The molecule has 1 atom stereocenters. The summed E-state index contributed by atoms with van der Waals surface area (Å²) in [5.74, 6) is 0. The van der Waals surface area contributed by atoms with Gasteiger partial charge in [-0.1, -0.05) is 0 Å². The van der Waals surface area contributed by atoms with Gasteiger partial charge in [-0.05, 0) is 18.2 Å². The van der Waals surface area contributed by atoms with Crippen LogP contribution in [0.15, 0.2) is 36.7 Å². The molecule has 0 aliphatic carbocycles. The summed E-state index contributed by atoms with van der Waals surface area (Å²) in [5, 5.41) is 15.3. The third kappa shape index (κ3) is 3.90. The summed E-state index contributed by atoms with van der Waals surface area (Å²) in [7, 11) is 0. The Morgan fingerprint density at radius 1 is 1.40 bits per heavy atom. The van der Waals surface area contributed by atoms with Crippen LogP contribution in [0, 0.1) is 10.1 Å². The maximum atomic E-state index is 12.8. The molecule has 0 spiro atoms. The van der Waals surface area contributed by atoms with Crippen molar-refractivity contribution in [3.63, 3.8) is 0 Å². The van der Waals surface area contributed by atoms with Crippen LogP contribution in [0.2, 0.25) is 0 Å². The highest BCUT2D eigenvalue weighted by Crippen LogP contribution is 2.37. The van der Waals surface area contributed by atoms with E-state index in [-0.39, 0.29) is 11.8 Å². The van der Waals surface area contributed by atoms with Crippen molar-refractivity contribution in [2.75, 3.05) is 24.6 Å². The highest BCUT2D eigenvalue weighted by Gasteiger charge is 2.34. The fourth-order valence-corrected chi connectivity index (χ4v) is 2.78. The Balaban J connectivity index is 1.83. The largest absolute Gasteiger partial charge is 0.416 e. The number of nitro benzene ring substituents is 1. The molecule has 25 heavy (non-hydrogen) atoms. The van der Waals surface area contributed by atoms with Gasteiger partial charge in [-0.15, -0.1) is 0 Å². The molecule has 2 aromatic rings. The fraction of sp³-hybridized carbons (Fsp3) is 0.400. The molecule has 7 nitrogen and oxygen atoms in total. The smallest absolute Gasteiger partial charge is 0.373 e. The standard InChI is InChI=1S/C15H15F3N4O3/c16-15(17,18)11-2-3-13(14(8-11)22(23)24)20-6-7-25-12(9-20)10-21-5-1-4-19-21/h1-5,8,12H,6-7,9-10H2. The number of morpholine rings is 1. The van der Waals surface area contributed by atoms with Crippen molar-refractivity contribution in [2.24, 2.45) is 0 Å². The summed E-state index contributed by atoms with van der Waals surface area (Å²) in [6.45, 7) is 1.47. The number of ether oxygens (including phenoxy) is 1. The highest BCUT2D eigenvalue weighted by molar-refractivity contribution is 5.65. The molecule has 1 aromatic carbocycles. The molecule has 134 valence electrons. The van der Waals surface area contributed by atoms with Crippen LogP contribution in [-0.4, -0.2) is 40.5 Å². The molecule has 0 radical (unpaired) electrons. The molecule has 1 fully saturated rings. The zero-order chi connectivity index (χ0) is 18.0. The van der Waals surface area contributed by atoms with Gasteiger partial charge in [-0.3, -0.25) is 14.8 Å². The quantitative estimate of drug-likeness (QED) is 0.622. The third-order valence-electron chi connectivity index (χ3n) is 3.93. The maximum absolute atomic E-state index is 12.8. The molecule has 3 rings (SSSR count). The number of aromatic nitrogens is 2. The average Bonchev–Trinajstić information content (AvgIpc) is 3.06. The number of halogens is 3. The first kappa shape index (κ1) is 17.2. The minimum atomic E-state index is -4.63. The van der Waals surface area contributed by atoms with Gasteiger partial charge in [0.15, 0.2) is 0 Å². The van der Waals surface area contributed by atoms with E-state index in [1.165, 1.54) is 0 Å². The van der Waals surface area contributed by atoms with Crippen molar-refractivity contribution >= 4 is 11.4 Å². The lowest BCUT2D eigenvalue weighted by atomic mass is 10.1. The van der Waals surface area contributed by atoms with Gasteiger partial charge in [0.1, 0.15) is 5.69 Å². The van der Waals surface area contributed by atoms with E-state index in [1.54, 1.807) is 28.0 Å². The second-order valence-electron chi connectivity index (χ2n) is 5.63. The normalized spacial score (nSPS) is 18.4. The van der Waals surface area contributed by atoms with E-state index >= 15 is 0 Å². The zero-order valence-corrected chi connectivity index (χ0v) is 13.0. The van der Waals surface area contributed by atoms with Crippen LogP contribution in [-0.2, 0) is 17.5 Å². The van der Waals surface area contributed by atoms with Crippen LogP contribution < -0.4 is 4.90 Å². The molecule has 0 amide bonds. The molecular weight excluding hydrogens is 341 g/mol. The predicted molar refractivity (Wildman–Crippen MR) is 82.3 cm³/mol. The van der Waals surface area contributed by atoms with Crippen LogP contribution in [0.4, 0.5) is 24.5 Å². The Hall–Kier alpha value is -2.62. The van der Waals surface area contributed by atoms with Crippen molar-refractivity contribution in [1.82, 2.24) is 9.78 Å². The lowest BCUT2D eigenvalue weighted by Gasteiger charge is -2.34. The number of hydrogen-bond donors (Lipinski definition) is 0. The van der Waals surface area contributed by atoms with E-state index in [9.17, 15) is 23.3 Å². The number of rotatable bonds is 4. The Morgan fingerprint density at radius 2 is 2.20 bits per heavy atom. The average molecular weight is 356 g/mol. The summed E-state index contributed by atoms with van der Waals surface area (Å²) in [6, 6.07) is 4.35. The van der Waals surface area contributed by atoms with Gasteiger partial charge in [0.25, 0.3) is 5.69 Å². The van der Waals surface area contributed by atoms with Gasteiger partial charge in [0.05, 0.1) is 29.7 Å². The van der Waals surface area contributed by atoms with Gasteiger partial charge >= 0.3 is 6.18 Å². The van der Waals surface area contributed by atoms with Crippen LogP contribution in [0.25, 0.3) is 0 Å². The van der Waals surface area contributed by atoms with Gasteiger partial charge in [-0.25, -0.2) is 0 Å². The van der Waals surface area contributed by atoms with Crippen LogP contribution in [0.1, 0.15) is 5.56 Å². The number of alkyl halides is 3. The van der Waals surface area contributed by atoms with Crippen molar-refractivity contribution in [3.05, 3.63) is 52.3 Å². The first-order valence-corrected chi connectivity index (χ1v) is 7.54. The van der Waals surface area contributed by atoms with E-state index in [0.29, 0.717) is 32.3 Å². The molecule has 2 heterocycles. The minimum absolute atomic E-state index is 0.159. The Morgan fingerprint density at radius 3 is 2.84 bits per heavy atom. The maximum Gasteiger partial charge on any atom is 0.416 e. The summed E-state index contributed by atoms with van der Waals surface area (Å²) < 4.78 is 45.7. The molecule has 1 aliphatic rings. The number of hydrogen-bond acceptors (Lipinski definition) is 5. The van der Waals surface area contributed by atoms with Gasteiger partial charge in [0.2, 0.25) is 0 Å². The van der Waals surface area contributed by atoms with Crippen molar-refractivity contribution in [3.8, 4) is 0 Å². The Bertz CT molecular complexity index is 749. The minimum Gasteiger partial charge on any atom is -0.373 e. The Labute approximate surface area is 140 Å². The van der Waals surface area contributed by atoms with E-state index in [4.69, 9.17) is 4.74 Å². The molecule has 1 aromatic heterocycles. The molecule has 10 heteroatoms. The van der Waals surface area contributed by atoms with Crippen LogP contribution >= 0.6 is 0 Å². The van der Waals surface area contributed by atoms with Crippen molar-refractivity contribution in [1.29, 1.82) is 0 Å². The fourth-order valence-electron chi connectivity index (χ4n) is 2.78. The first-order chi connectivity index (χ1) is 11.8. The molecular formula is C15H15F3N4O3. The number of nitrogens with zero attached hydrogens (tertiary/aromatic N) is 4. The lowest BCUT2D eigenvalue weighted by molar-refractivity contribution is -0.384. The first-order valence-electron chi connectivity index (χ1n) is 7.54. The summed E-state index contributed by atoms with van der Waals surface area (Å²) in [4.78, 5) is 12.1. The molecule has 1 aliphatic heterocycles. The number of anilines is 1. The molecule has 0 bridgehead atoms. The highest BCUT2D eigenvalue weighted by atomic mass is 19.4. The SMILES string of the molecule is O=[N+]([O-])c1cc(C(F)(F)F)ccc1N1CCOC(Cn2cccn2)C1. The molecule has 1 saturated heterocycles. The van der Waals surface area contributed by atoms with E-state index in [1.807, 2.05) is 0 Å². The van der Waals surface area contributed by atoms with E-state index in [0.717, 1.165) is 12.1 Å². The molecule has 0 saturated carbocycles. The van der Waals surface area contributed by atoms with Gasteiger partial charge in [0, 0.05) is 31.5 Å². The second-order valence-corrected chi connectivity index (χ2v) is 5.63. The van der Waals surface area contributed by atoms with Gasteiger partial charge in [-0.2, -0.15) is 18.3 Å². The number of nitro groups is 1. The van der Waals surface area contributed by atoms with E-state index in [2.05, 4.69) is 5.10 Å². The van der Waals surface area contributed by atoms with Crippen molar-refractivity contribution < 1.29 is 22.8 Å². The van der Waals surface area contributed by atoms with Crippen LogP contribution in [0.5, 0.6) is 0 Å². The predicted octanol–water partition coefficient (Wildman–Crippen LogP) is 2.72. The third-order valence-corrected chi connectivity index (χ3v) is 3.93. The zero-order valence-electron chi connectivity index (χ0n) is 13.0. The molecule has 1 unspecified atom stereocenters. The summed E-state index contributed by atoms with van der Waals surface area (Å²) in [6.07, 6.45) is -1.50.